The van der Waals surface area contributed by atoms with Crippen molar-refractivity contribution in [1.29, 1.82) is 0 Å². The molecule has 4 aromatic rings. The second-order valence-corrected chi connectivity index (χ2v) is 13.1. The molecule has 2 aliphatic rings. The number of ether oxygens (including phenoxy) is 1. The second kappa shape index (κ2) is 10.7. The average Bonchev–Trinajstić information content (AvgIpc) is 3.33. The van der Waals surface area contributed by atoms with Crippen LogP contribution in [0.1, 0.15) is 22.8 Å². The number of benzene rings is 4. The van der Waals surface area contributed by atoms with E-state index in [0.29, 0.717) is 39.8 Å². The van der Waals surface area contributed by atoms with Gasteiger partial charge in [-0.05, 0) is 40.9 Å². The number of fused-ring (bicyclic) bond motifs is 1. The quantitative estimate of drug-likeness (QED) is 0.202. The summed E-state index contributed by atoms with van der Waals surface area (Å²) in [6.07, 6.45) is 1.42. The molecule has 0 bridgehead atoms. The van der Waals surface area contributed by atoms with Crippen molar-refractivity contribution >= 4 is 51.3 Å². The van der Waals surface area contributed by atoms with Crippen LogP contribution in [0.15, 0.2) is 133 Å². The minimum absolute atomic E-state index is 0.223. The van der Waals surface area contributed by atoms with Crippen molar-refractivity contribution < 1.29 is 19.1 Å². The lowest BCUT2D eigenvalue weighted by molar-refractivity contribution is -0.134. The van der Waals surface area contributed by atoms with Gasteiger partial charge >= 0.3 is 5.97 Å². The lowest BCUT2D eigenvalue weighted by Gasteiger charge is -2.32. The maximum absolute atomic E-state index is 14.8. The number of allylic oxidation sites excluding steroid dienone is 2. The fourth-order valence-electron chi connectivity index (χ4n) is 5.98. The Labute approximate surface area is 239 Å². The first-order chi connectivity index (χ1) is 20.0. The molecule has 5 nitrogen and oxygen atoms in total. The van der Waals surface area contributed by atoms with Gasteiger partial charge in [0.15, 0.2) is 0 Å². The van der Waals surface area contributed by atoms with Crippen molar-refractivity contribution in [3.63, 3.8) is 0 Å². The summed E-state index contributed by atoms with van der Waals surface area (Å²) in [5.41, 5.74) is 2.41. The van der Waals surface area contributed by atoms with Crippen LogP contribution in [-0.2, 0) is 14.3 Å². The van der Waals surface area contributed by atoms with Gasteiger partial charge in [0.05, 0.1) is 12.4 Å². The van der Waals surface area contributed by atoms with Crippen LogP contribution in [0, 0.1) is 0 Å². The van der Waals surface area contributed by atoms with E-state index in [9.17, 15) is 14.4 Å². The fraction of sp³-hybridized carbons (Fsp3) is 0.0857. The topological polar surface area (TPSA) is 63.7 Å². The number of hydrogen-bond donors (Lipinski definition) is 0. The van der Waals surface area contributed by atoms with Gasteiger partial charge in [-0.1, -0.05) is 115 Å². The fourth-order valence-corrected chi connectivity index (χ4v) is 10.5. The number of amides is 1. The zero-order valence-electron chi connectivity index (χ0n) is 22.8. The van der Waals surface area contributed by atoms with Gasteiger partial charge in [-0.15, -0.1) is 0 Å². The summed E-state index contributed by atoms with van der Waals surface area (Å²) in [6, 6.07) is 37.3. The van der Waals surface area contributed by atoms with E-state index in [4.69, 9.17) is 4.74 Å². The Morgan fingerprint density at radius 1 is 0.732 bits per heavy atom. The monoisotopic (exact) mass is 557 g/mol. The second-order valence-electron chi connectivity index (χ2n) is 9.75. The van der Waals surface area contributed by atoms with Gasteiger partial charge in [-0.2, -0.15) is 0 Å². The van der Waals surface area contributed by atoms with Crippen LogP contribution in [0.25, 0.3) is 5.57 Å². The molecule has 0 fully saturated rings. The van der Waals surface area contributed by atoms with Crippen molar-refractivity contribution in [2.24, 2.45) is 0 Å². The van der Waals surface area contributed by atoms with Crippen LogP contribution in [0.3, 0.4) is 0 Å². The van der Waals surface area contributed by atoms with Crippen LogP contribution in [0.4, 0.5) is 0 Å². The summed E-state index contributed by atoms with van der Waals surface area (Å²) in [5.74, 6) is -1.00. The van der Waals surface area contributed by atoms with Crippen molar-refractivity contribution in [2.45, 2.75) is 6.92 Å². The zero-order valence-corrected chi connectivity index (χ0v) is 23.7. The first-order valence-electron chi connectivity index (χ1n) is 13.5. The third-order valence-electron chi connectivity index (χ3n) is 7.68. The smallest absolute Gasteiger partial charge is 0.331 e. The molecule has 1 aliphatic carbocycles. The summed E-state index contributed by atoms with van der Waals surface area (Å²) < 4.78 is 5.08. The van der Waals surface area contributed by atoms with Gasteiger partial charge in [-0.3, -0.25) is 9.59 Å². The van der Waals surface area contributed by atoms with Crippen LogP contribution in [0.5, 0.6) is 0 Å². The number of carbonyl (C=O) groups is 3. The molecule has 0 saturated carbocycles. The number of methoxy groups -OCH3 is 1. The molecule has 202 valence electrons. The van der Waals surface area contributed by atoms with Crippen molar-refractivity contribution in [3.05, 3.63) is 144 Å². The predicted molar refractivity (Wildman–Crippen MR) is 165 cm³/mol. The number of esters is 1. The van der Waals surface area contributed by atoms with E-state index in [1.807, 2.05) is 73.7 Å². The Bertz CT molecular complexity index is 1700. The lowest BCUT2D eigenvalue weighted by Crippen LogP contribution is -2.36. The van der Waals surface area contributed by atoms with Gasteiger partial charge < -0.3 is 9.64 Å². The Kier molecular flexibility index (Phi) is 6.90. The normalized spacial score (nSPS) is 15.7. The predicted octanol–water partition coefficient (Wildman–Crippen LogP) is 4.72. The third-order valence-corrected chi connectivity index (χ3v) is 12.0. The van der Waals surface area contributed by atoms with E-state index >= 15 is 0 Å². The number of carbonyl (C=O) groups excluding carboxylic acids is 3. The molecule has 1 amide bonds. The molecule has 41 heavy (non-hydrogen) atoms. The van der Waals surface area contributed by atoms with Crippen LogP contribution in [-0.4, -0.2) is 41.5 Å². The number of rotatable bonds is 5. The van der Waals surface area contributed by atoms with Crippen LogP contribution >= 0.6 is 6.89 Å². The van der Waals surface area contributed by atoms with Gasteiger partial charge in [0, 0.05) is 23.8 Å². The maximum atomic E-state index is 14.8. The molecule has 6 rings (SSSR count). The van der Waals surface area contributed by atoms with Crippen molar-refractivity contribution in [3.8, 4) is 0 Å². The molecule has 0 saturated heterocycles. The van der Waals surface area contributed by atoms with E-state index in [-0.39, 0.29) is 11.7 Å². The first kappa shape index (κ1) is 26.5. The van der Waals surface area contributed by atoms with Crippen molar-refractivity contribution in [2.75, 3.05) is 13.7 Å². The highest BCUT2D eigenvalue weighted by Gasteiger charge is 2.48. The highest BCUT2D eigenvalue weighted by Crippen LogP contribution is 2.53. The highest BCUT2D eigenvalue weighted by molar-refractivity contribution is 7.97. The summed E-state index contributed by atoms with van der Waals surface area (Å²) in [6.45, 7) is -0.726. The maximum Gasteiger partial charge on any atom is 0.331 e. The van der Waals surface area contributed by atoms with E-state index < -0.39 is 12.9 Å². The summed E-state index contributed by atoms with van der Waals surface area (Å²) in [7, 11) is 1.33. The molecule has 4 aromatic carbocycles. The first-order valence-corrected chi connectivity index (χ1v) is 15.3. The molecule has 0 spiro atoms. The van der Waals surface area contributed by atoms with Crippen LogP contribution < -0.4 is 15.9 Å². The van der Waals surface area contributed by atoms with E-state index in [1.165, 1.54) is 13.2 Å². The molecule has 0 N–H and O–H groups in total. The molecule has 0 unspecified atom stereocenters. The van der Waals surface area contributed by atoms with Gasteiger partial charge in [0.1, 0.15) is 5.70 Å². The van der Waals surface area contributed by atoms with Gasteiger partial charge in [-0.25, -0.2) is 4.79 Å². The Morgan fingerprint density at radius 3 is 1.66 bits per heavy atom. The summed E-state index contributed by atoms with van der Waals surface area (Å²) >= 11 is 0. The van der Waals surface area contributed by atoms with Gasteiger partial charge in [0.25, 0.3) is 5.91 Å². The molecule has 6 heteroatoms. The lowest BCUT2D eigenvalue weighted by atomic mass is 9.83. The van der Waals surface area contributed by atoms with E-state index in [2.05, 4.69) is 36.4 Å². The Morgan fingerprint density at radius 2 is 1.20 bits per heavy atom. The Hall–Kier alpha value is -4.73. The molecule has 0 atom stereocenters. The van der Waals surface area contributed by atoms with Crippen LogP contribution in [0.2, 0.25) is 0 Å². The number of hydrogen-bond acceptors (Lipinski definition) is 4. The standard InChI is InChI=1S/C35H28NO4P/c1-3-36-32-31(29(23-30(37)40-2)27-21-13-14-22-28(27)33(32)38)34(35(36)39)41(24-15-7-4-8-16-24,25-17-9-5-10-18-25)26-19-11-6-12-20-26/h4-23H,3H2,1-2H3/b29-23-. The molecule has 1 heterocycles. The molecule has 0 radical (unpaired) electrons. The number of ketones is 1. The minimum Gasteiger partial charge on any atom is -0.466 e. The molecular weight excluding hydrogens is 529 g/mol. The van der Waals surface area contributed by atoms with Crippen molar-refractivity contribution in [1.82, 2.24) is 4.90 Å². The average molecular weight is 558 g/mol. The summed E-state index contributed by atoms with van der Waals surface area (Å²) in [4.78, 5) is 43.5. The zero-order chi connectivity index (χ0) is 28.6. The van der Waals surface area contributed by atoms with E-state index in [0.717, 1.165) is 15.9 Å². The minimum atomic E-state index is -2.90. The molecular formula is C35H28NO4P. The number of nitrogens with zero attached hydrogens (tertiary/aromatic N) is 1. The largest absolute Gasteiger partial charge is 0.466 e. The Balaban J connectivity index is 1.90. The number of Topliss-reactive ketones (excluding diaryl/α,β-unsaturated/α-hetero) is 1. The highest BCUT2D eigenvalue weighted by atomic mass is 31.2. The van der Waals surface area contributed by atoms with Gasteiger partial charge in [0.2, 0.25) is 5.78 Å². The van der Waals surface area contributed by atoms with E-state index in [1.54, 1.807) is 17.0 Å². The SMILES string of the molecule is CCN1C(=O)C(=P(c2ccccc2)(c2ccccc2)c2ccccc2)C2=C1C(=O)c1ccccc1/C2=C/C(=O)OC. The third kappa shape index (κ3) is 4.04. The number of likely N-dealkylation sites (N-methyl/N-ethyl adjacent to an activating group) is 1. The molecule has 0 aromatic heterocycles. The molecule has 1 aliphatic heterocycles. The summed E-state index contributed by atoms with van der Waals surface area (Å²) in [5, 5.41) is 3.48.